The fourth-order valence-corrected chi connectivity index (χ4v) is 1.71. The minimum atomic E-state index is -1.63. The van der Waals surface area contributed by atoms with E-state index >= 15 is 0 Å². The lowest BCUT2D eigenvalue weighted by Crippen LogP contribution is -1.97. The fraction of sp³-hybridized carbons (Fsp3) is 0.333. The zero-order chi connectivity index (χ0) is 8.81. The van der Waals surface area contributed by atoms with Gasteiger partial charge in [-0.3, -0.25) is 4.57 Å². The smallest absolute Gasteiger partial charge is 0.246 e. The first-order valence-electron chi connectivity index (χ1n) is 4.00. The molecule has 3 heteroatoms. The van der Waals surface area contributed by atoms with E-state index in [0.717, 1.165) is 11.7 Å². The molecule has 0 bridgehead atoms. The maximum atomic E-state index is 11.3. The van der Waals surface area contributed by atoms with Crippen LogP contribution in [0.3, 0.4) is 0 Å². The average Bonchev–Trinajstić information content (AvgIpc) is 2.15. The van der Waals surface area contributed by atoms with Crippen LogP contribution in [0.4, 0.5) is 0 Å². The standard InChI is InChI=1S/C9H12O2P/c1-2-8-11-12(10)9-6-4-3-5-7-9/h3-7H,2,8H2,1H3. The van der Waals surface area contributed by atoms with Crippen molar-refractivity contribution < 1.29 is 9.09 Å². The Labute approximate surface area is 73.4 Å². The molecule has 1 rings (SSSR count). The highest BCUT2D eigenvalue weighted by molar-refractivity contribution is 7.48. The van der Waals surface area contributed by atoms with Gasteiger partial charge in [-0.05, 0) is 18.6 Å². The molecule has 0 N–H and O–H groups in total. The molecule has 0 spiro atoms. The van der Waals surface area contributed by atoms with E-state index < -0.39 is 8.03 Å². The van der Waals surface area contributed by atoms with Gasteiger partial charge in [0.15, 0.2) is 0 Å². The van der Waals surface area contributed by atoms with Crippen LogP contribution in [0.5, 0.6) is 0 Å². The van der Waals surface area contributed by atoms with Gasteiger partial charge in [-0.2, -0.15) is 0 Å². The van der Waals surface area contributed by atoms with Crippen molar-refractivity contribution in [3.8, 4) is 0 Å². The maximum absolute atomic E-state index is 11.3. The third kappa shape index (κ3) is 2.72. The second kappa shape index (κ2) is 5.02. The minimum absolute atomic E-state index is 0.560. The lowest BCUT2D eigenvalue weighted by molar-refractivity contribution is 0.335. The van der Waals surface area contributed by atoms with Gasteiger partial charge in [0, 0.05) is 0 Å². The second-order valence-corrected chi connectivity index (χ2v) is 3.71. The summed E-state index contributed by atoms with van der Waals surface area (Å²) in [6.07, 6.45) is 0.897. The Morgan fingerprint density at radius 3 is 2.58 bits per heavy atom. The van der Waals surface area contributed by atoms with Crippen LogP contribution in [0.15, 0.2) is 30.3 Å². The molecule has 1 unspecified atom stereocenters. The Morgan fingerprint density at radius 2 is 2.00 bits per heavy atom. The molecule has 0 aromatic heterocycles. The molecule has 65 valence electrons. The van der Waals surface area contributed by atoms with Crippen molar-refractivity contribution >= 4 is 13.3 Å². The molecule has 0 saturated carbocycles. The SMILES string of the molecule is CCCO[P](=O)c1ccccc1. The van der Waals surface area contributed by atoms with Crippen LogP contribution in [-0.2, 0) is 9.09 Å². The molecule has 0 heterocycles. The van der Waals surface area contributed by atoms with Crippen molar-refractivity contribution in [2.24, 2.45) is 0 Å². The van der Waals surface area contributed by atoms with Gasteiger partial charge < -0.3 is 4.52 Å². The monoisotopic (exact) mass is 183 g/mol. The van der Waals surface area contributed by atoms with Crippen molar-refractivity contribution in [3.63, 3.8) is 0 Å². The van der Waals surface area contributed by atoms with Crippen molar-refractivity contribution in [1.82, 2.24) is 0 Å². The van der Waals surface area contributed by atoms with Gasteiger partial charge in [-0.15, -0.1) is 0 Å². The molecule has 0 aliphatic rings. The molecule has 0 aliphatic carbocycles. The molecule has 2 nitrogen and oxygen atoms in total. The summed E-state index contributed by atoms with van der Waals surface area (Å²) in [5, 5.41) is 0.765. The Bertz CT molecular complexity index is 246. The van der Waals surface area contributed by atoms with E-state index in [9.17, 15) is 4.57 Å². The summed E-state index contributed by atoms with van der Waals surface area (Å²) in [5.74, 6) is 0. The predicted molar refractivity (Wildman–Crippen MR) is 49.9 cm³/mol. The molecule has 0 amide bonds. The third-order valence-electron chi connectivity index (χ3n) is 1.38. The summed E-state index contributed by atoms with van der Waals surface area (Å²) in [6, 6.07) is 9.24. The number of hydrogen-bond donors (Lipinski definition) is 0. The van der Waals surface area contributed by atoms with Gasteiger partial charge in [-0.1, -0.05) is 25.1 Å². The number of hydrogen-bond acceptors (Lipinski definition) is 2. The fourth-order valence-electron chi connectivity index (χ4n) is 0.798. The van der Waals surface area contributed by atoms with Crippen molar-refractivity contribution in [2.75, 3.05) is 6.61 Å². The number of benzene rings is 1. The third-order valence-corrected chi connectivity index (χ3v) is 2.52. The zero-order valence-corrected chi connectivity index (χ0v) is 7.96. The topological polar surface area (TPSA) is 26.3 Å². The molecule has 0 saturated heterocycles. The van der Waals surface area contributed by atoms with Crippen molar-refractivity contribution in [1.29, 1.82) is 0 Å². The van der Waals surface area contributed by atoms with Gasteiger partial charge in [0.05, 0.1) is 11.9 Å². The van der Waals surface area contributed by atoms with Crippen molar-refractivity contribution in [2.45, 2.75) is 13.3 Å². The van der Waals surface area contributed by atoms with Crippen LogP contribution in [-0.4, -0.2) is 6.61 Å². The van der Waals surface area contributed by atoms with Crippen LogP contribution in [0, 0.1) is 0 Å². The summed E-state index contributed by atoms with van der Waals surface area (Å²) >= 11 is 0. The molecular formula is C9H12O2P. The molecule has 0 aliphatic heterocycles. The van der Waals surface area contributed by atoms with Crippen LogP contribution in [0.2, 0.25) is 0 Å². The number of rotatable bonds is 4. The average molecular weight is 183 g/mol. The van der Waals surface area contributed by atoms with Gasteiger partial charge in [0.2, 0.25) is 8.03 Å². The lowest BCUT2D eigenvalue weighted by atomic mass is 10.4. The van der Waals surface area contributed by atoms with Gasteiger partial charge >= 0.3 is 0 Å². The summed E-state index contributed by atoms with van der Waals surface area (Å²) < 4.78 is 16.4. The predicted octanol–water partition coefficient (Wildman–Crippen LogP) is 2.48. The maximum Gasteiger partial charge on any atom is 0.246 e. The van der Waals surface area contributed by atoms with E-state index in [4.69, 9.17) is 4.52 Å². The normalized spacial score (nSPS) is 11.2. The summed E-state index contributed by atoms with van der Waals surface area (Å²) in [7, 11) is -1.63. The molecule has 0 fully saturated rings. The first kappa shape index (κ1) is 9.37. The molecule has 1 aromatic rings. The van der Waals surface area contributed by atoms with Gasteiger partial charge in [0.25, 0.3) is 0 Å². The highest BCUT2D eigenvalue weighted by Crippen LogP contribution is 2.20. The quantitative estimate of drug-likeness (QED) is 0.670. The van der Waals surface area contributed by atoms with E-state index in [2.05, 4.69) is 0 Å². The van der Waals surface area contributed by atoms with Crippen LogP contribution in [0.1, 0.15) is 13.3 Å². The summed E-state index contributed by atoms with van der Waals surface area (Å²) in [5.41, 5.74) is 0. The van der Waals surface area contributed by atoms with Gasteiger partial charge in [0.1, 0.15) is 0 Å². The summed E-state index contributed by atoms with van der Waals surface area (Å²) in [4.78, 5) is 0. The molecule has 1 radical (unpaired) electrons. The Kier molecular flexibility index (Phi) is 3.92. The van der Waals surface area contributed by atoms with Crippen LogP contribution >= 0.6 is 8.03 Å². The highest BCUT2D eigenvalue weighted by atomic mass is 31.1. The van der Waals surface area contributed by atoms with Gasteiger partial charge in [-0.25, -0.2) is 0 Å². The highest BCUT2D eigenvalue weighted by Gasteiger charge is 2.02. The second-order valence-electron chi connectivity index (χ2n) is 2.43. The molecule has 12 heavy (non-hydrogen) atoms. The minimum Gasteiger partial charge on any atom is -0.301 e. The van der Waals surface area contributed by atoms with E-state index in [0.29, 0.717) is 6.61 Å². The lowest BCUT2D eigenvalue weighted by Gasteiger charge is -1.99. The van der Waals surface area contributed by atoms with E-state index in [1.807, 2.05) is 37.3 Å². The zero-order valence-electron chi connectivity index (χ0n) is 7.06. The largest absolute Gasteiger partial charge is 0.301 e. The molecular weight excluding hydrogens is 171 g/mol. The van der Waals surface area contributed by atoms with Crippen LogP contribution in [0.25, 0.3) is 0 Å². The first-order chi connectivity index (χ1) is 5.84. The first-order valence-corrected chi connectivity index (χ1v) is 5.17. The Balaban J connectivity index is 2.54. The van der Waals surface area contributed by atoms with Crippen molar-refractivity contribution in [3.05, 3.63) is 30.3 Å². The van der Waals surface area contributed by atoms with Crippen LogP contribution < -0.4 is 5.30 Å². The molecule has 1 aromatic carbocycles. The van der Waals surface area contributed by atoms with E-state index in [-0.39, 0.29) is 0 Å². The Hall–Kier alpha value is -0.720. The summed E-state index contributed by atoms with van der Waals surface area (Å²) in [6.45, 7) is 2.55. The Morgan fingerprint density at radius 1 is 1.33 bits per heavy atom. The van der Waals surface area contributed by atoms with E-state index in [1.54, 1.807) is 0 Å². The van der Waals surface area contributed by atoms with E-state index in [1.165, 1.54) is 0 Å². The molecule has 1 atom stereocenters.